The van der Waals surface area contributed by atoms with Crippen LogP contribution in [0.5, 0.6) is 0 Å². The molecule has 0 heterocycles. The minimum Gasteiger partial charge on any atom is -0.391 e. The Labute approximate surface area is 74.9 Å². The number of hydrogen-bond acceptors (Lipinski definition) is 3. The van der Waals surface area contributed by atoms with Gasteiger partial charge in [0, 0.05) is 6.54 Å². The molecular formula is C9H21NO2. The summed E-state index contributed by atoms with van der Waals surface area (Å²) in [6.45, 7) is 8.06. The van der Waals surface area contributed by atoms with E-state index < -0.39 is 6.10 Å². The molecule has 0 aliphatic heterocycles. The second kappa shape index (κ2) is 4.80. The summed E-state index contributed by atoms with van der Waals surface area (Å²) in [6, 6.07) is 0. The van der Waals surface area contributed by atoms with Crippen molar-refractivity contribution in [1.29, 1.82) is 0 Å². The van der Waals surface area contributed by atoms with Crippen LogP contribution in [0.15, 0.2) is 0 Å². The zero-order valence-electron chi connectivity index (χ0n) is 8.50. The number of aliphatic hydroxyl groups is 1. The first kappa shape index (κ1) is 11.9. The van der Waals surface area contributed by atoms with Crippen molar-refractivity contribution in [2.45, 2.75) is 51.9 Å². The van der Waals surface area contributed by atoms with Crippen molar-refractivity contribution >= 4 is 0 Å². The van der Waals surface area contributed by atoms with Crippen LogP contribution in [0, 0.1) is 0 Å². The van der Waals surface area contributed by atoms with E-state index in [0.717, 1.165) is 6.42 Å². The molecule has 0 bridgehead atoms. The van der Waals surface area contributed by atoms with Crippen LogP contribution in [0.2, 0.25) is 0 Å². The van der Waals surface area contributed by atoms with E-state index in [4.69, 9.17) is 10.5 Å². The van der Waals surface area contributed by atoms with Crippen molar-refractivity contribution in [2.24, 2.45) is 5.73 Å². The van der Waals surface area contributed by atoms with Gasteiger partial charge in [0.15, 0.2) is 0 Å². The third-order valence-corrected chi connectivity index (χ3v) is 2.33. The zero-order valence-corrected chi connectivity index (χ0v) is 8.50. The lowest BCUT2D eigenvalue weighted by molar-refractivity contribution is -0.111. The van der Waals surface area contributed by atoms with E-state index in [1.807, 2.05) is 20.8 Å². The predicted molar refractivity (Wildman–Crippen MR) is 50.0 cm³/mol. The molecule has 3 N–H and O–H groups in total. The second-order valence-electron chi connectivity index (χ2n) is 3.57. The van der Waals surface area contributed by atoms with Crippen LogP contribution >= 0.6 is 0 Å². The molecule has 0 aromatic rings. The van der Waals surface area contributed by atoms with E-state index in [-0.39, 0.29) is 11.7 Å². The Kier molecular flexibility index (Phi) is 4.75. The van der Waals surface area contributed by atoms with Gasteiger partial charge in [-0.3, -0.25) is 0 Å². The van der Waals surface area contributed by atoms with E-state index >= 15 is 0 Å². The molecule has 3 heteroatoms. The number of aliphatic hydroxyl groups excluding tert-OH is 1. The summed E-state index contributed by atoms with van der Waals surface area (Å²) in [4.78, 5) is 0. The van der Waals surface area contributed by atoms with Gasteiger partial charge in [-0.25, -0.2) is 0 Å². The lowest BCUT2D eigenvalue weighted by Gasteiger charge is -2.31. The maximum Gasteiger partial charge on any atom is 0.0811 e. The molecule has 0 amide bonds. The first-order valence-electron chi connectivity index (χ1n) is 4.51. The lowest BCUT2D eigenvalue weighted by Crippen LogP contribution is -2.42. The van der Waals surface area contributed by atoms with Gasteiger partial charge in [0.2, 0.25) is 0 Å². The lowest BCUT2D eigenvalue weighted by atomic mass is 10.0. The Hall–Kier alpha value is -0.120. The van der Waals surface area contributed by atoms with Gasteiger partial charge >= 0.3 is 0 Å². The van der Waals surface area contributed by atoms with E-state index in [9.17, 15) is 5.11 Å². The summed E-state index contributed by atoms with van der Waals surface area (Å²) in [5.74, 6) is 0. The van der Waals surface area contributed by atoms with Crippen LogP contribution < -0.4 is 5.73 Å². The monoisotopic (exact) mass is 175 g/mol. The molecule has 3 atom stereocenters. The molecule has 0 aromatic carbocycles. The third kappa shape index (κ3) is 3.52. The highest BCUT2D eigenvalue weighted by atomic mass is 16.5. The van der Waals surface area contributed by atoms with Gasteiger partial charge in [-0.05, 0) is 27.2 Å². The van der Waals surface area contributed by atoms with Crippen molar-refractivity contribution in [1.82, 2.24) is 0 Å². The van der Waals surface area contributed by atoms with Crippen molar-refractivity contribution in [3.63, 3.8) is 0 Å². The summed E-state index contributed by atoms with van der Waals surface area (Å²) in [5, 5.41) is 9.21. The molecule has 0 radical (unpaired) electrons. The molecule has 0 saturated heterocycles. The molecular weight excluding hydrogens is 154 g/mol. The molecule has 3 nitrogen and oxygen atoms in total. The van der Waals surface area contributed by atoms with E-state index in [1.54, 1.807) is 6.92 Å². The quantitative estimate of drug-likeness (QED) is 0.652. The number of rotatable bonds is 5. The Morgan fingerprint density at radius 1 is 1.50 bits per heavy atom. The molecule has 3 unspecified atom stereocenters. The first-order valence-corrected chi connectivity index (χ1v) is 4.51. The van der Waals surface area contributed by atoms with Crippen LogP contribution in [0.25, 0.3) is 0 Å². The van der Waals surface area contributed by atoms with Crippen LogP contribution in [0.3, 0.4) is 0 Å². The maximum absolute atomic E-state index is 9.21. The standard InChI is InChI=1S/C9H21NO2/c1-5-9(4,6-10)12-8(3)7(2)11/h7-8,11H,5-6,10H2,1-4H3. The fourth-order valence-corrected chi connectivity index (χ4v) is 0.823. The Morgan fingerprint density at radius 2 is 2.00 bits per heavy atom. The molecule has 0 saturated carbocycles. The molecule has 74 valence electrons. The molecule has 0 aromatic heterocycles. The molecule has 0 aliphatic carbocycles. The highest BCUT2D eigenvalue weighted by Gasteiger charge is 2.25. The van der Waals surface area contributed by atoms with Gasteiger partial charge < -0.3 is 15.6 Å². The fraction of sp³-hybridized carbons (Fsp3) is 1.00. The van der Waals surface area contributed by atoms with Gasteiger partial charge in [-0.1, -0.05) is 6.92 Å². The van der Waals surface area contributed by atoms with Crippen LogP contribution in [-0.4, -0.2) is 29.5 Å². The van der Waals surface area contributed by atoms with Gasteiger partial charge in [0.05, 0.1) is 17.8 Å². The van der Waals surface area contributed by atoms with E-state index in [2.05, 4.69) is 0 Å². The minimum atomic E-state index is -0.442. The van der Waals surface area contributed by atoms with Crippen molar-refractivity contribution in [3.8, 4) is 0 Å². The van der Waals surface area contributed by atoms with Crippen LogP contribution in [-0.2, 0) is 4.74 Å². The van der Waals surface area contributed by atoms with Gasteiger partial charge in [0.1, 0.15) is 0 Å². The smallest absolute Gasteiger partial charge is 0.0811 e. The first-order chi connectivity index (χ1) is 5.45. The van der Waals surface area contributed by atoms with Gasteiger partial charge in [-0.2, -0.15) is 0 Å². The summed E-state index contributed by atoms with van der Waals surface area (Å²) in [6.07, 6.45) is 0.265. The zero-order chi connectivity index (χ0) is 9.78. The normalized spacial score (nSPS) is 21.5. The number of nitrogens with two attached hydrogens (primary N) is 1. The van der Waals surface area contributed by atoms with Crippen LogP contribution in [0.4, 0.5) is 0 Å². The molecule has 0 fully saturated rings. The summed E-state index contributed by atoms with van der Waals surface area (Å²) in [5.41, 5.74) is 5.26. The Bertz CT molecular complexity index is 122. The molecule has 0 aliphatic rings. The summed E-state index contributed by atoms with van der Waals surface area (Å²) >= 11 is 0. The highest BCUT2D eigenvalue weighted by molar-refractivity contribution is 4.76. The highest BCUT2D eigenvalue weighted by Crippen LogP contribution is 2.17. The van der Waals surface area contributed by atoms with E-state index in [1.165, 1.54) is 0 Å². The fourth-order valence-electron chi connectivity index (χ4n) is 0.823. The minimum absolute atomic E-state index is 0.154. The largest absolute Gasteiger partial charge is 0.391 e. The average Bonchev–Trinajstić information content (AvgIpc) is 2.04. The van der Waals surface area contributed by atoms with Gasteiger partial charge in [0.25, 0.3) is 0 Å². The SMILES string of the molecule is CCC(C)(CN)OC(C)C(C)O. The third-order valence-electron chi connectivity index (χ3n) is 2.33. The Morgan fingerprint density at radius 3 is 2.25 bits per heavy atom. The van der Waals surface area contributed by atoms with Crippen molar-refractivity contribution in [2.75, 3.05) is 6.54 Å². The summed E-state index contributed by atoms with van der Waals surface area (Å²) in [7, 11) is 0. The summed E-state index contributed by atoms with van der Waals surface area (Å²) < 4.78 is 5.62. The second-order valence-corrected chi connectivity index (χ2v) is 3.57. The molecule has 0 spiro atoms. The Balaban J connectivity index is 4.02. The van der Waals surface area contributed by atoms with E-state index in [0.29, 0.717) is 6.54 Å². The average molecular weight is 175 g/mol. The van der Waals surface area contributed by atoms with Gasteiger partial charge in [-0.15, -0.1) is 0 Å². The maximum atomic E-state index is 9.21. The van der Waals surface area contributed by atoms with Crippen LogP contribution in [0.1, 0.15) is 34.1 Å². The molecule has 0 rings (SSSR count). The predicted octanol–water partition coefficient (Wildman–Crippen LogP) is 0.900. The molecule has 12 heavy (non-hydrogen) atoms. The number of hydrogen-bond donors (Lipinski definition) is 2. The number of ether oxygens (including phenoxy) is 1. The van der Waals surface area contributed by atoms with Crippen molar-refractivity contribution in [3.05, 3.63) is 0 Å². The van der Waals surface area contributed by atoms with Crippen molar-refractivity contribution < 1.29 is 9.84 Å². The topological polar surface area (TPSA) is 55.5 Å².